The first kappa shape index (κ1) is 7.87. The molecule has 8 heavy (non-hydrogen) atoms. The van der Waals surface area contributed by atoms with Crippen molar-refractivity contribution in [1.82, 2.24) is 0 Å². The maximum Gasteiger partial charge on any atom is 0.268 e. The van der Waals surface area contributed by atoms with E-state index in [9.17, 15) is 8.42 Å². The van der Waals surface area contributed by atoms with Crippen molar-refractivity contribution in [3.8, 4) is 0 Å². The minimum absolute atomic E-state index is 0.107. The van der Waals surface area contributed by atoms with Crippen LogP contribution in [-0.4, -0.2) is 27.8 Å². The molecule has 0 aromatic rings. The molecule has 0 rings (SSSR count). The Kier molecular flexibility index (Phi) is 2.96. The van der Waals surface area contributed by atoms with Crippen LogP contribution in [0.1, 0.15) is 0 Å². The molecular weight excluding hydrogens is 130 g/mol. The third-order valence-corrected chi connectivity index (χ3v) is 1.87. The summed E-state index contributed by atoms with van der Waals surface area (Å²) in [5.74, 6) is -0.108. The van der Waals surface area contributed by atoms with E-state index in [4.69, 9.17) is 5.73 Å². The summed E-state index contributed by atoms with van der Waals surface area (Å²) < 4.78 is 24.7. The van der Waals surface area contributed by atoms with Crippen molar-refractivity contribution >= 4 is 10.1 Å². The molecule has 0 fully saturated rings. The normalized spacial score (nSPS) is 11.8. The smallest absolute Gasteiger partial charge is 0.268 e. The molecule has 0 heterocycles. The number of hydrogen-bond donors (Lipinski definition) is 1. The van der Waals surface area contributed by atoms with Crippen molar-refractivity contribution in [2.45, 2.75) is 0 Å². The second kappa shape index (κ2) is 3.01. The van der Waals surface area contributed by atoms with Crippen LogP contribution >= 0.6 is 0 Å². The Hall–Kier alpha value is -0.130. The molecule has 0 saturated carbocycles. The summed E-state index contributed by atoms with van der Waals surface area (Å²) in [4.78, 5) is 0. The fourth-order valence-corrected chi connectivity index (χ4v) is 0.683. The van der Waals surface area contributed by atoms with E-state index in [1.807, 2.05) is 0 Å². The van der Waals surface area contributed by atoms with E-state index in [-0.39, 0.29) is 12.3 Å². The van der Waals surface area contributed by atoms with Crippen LogP contribution in [-0.2, 0) is 14.3 Å². The summed E-state index contributed by atoms with van der Waals surface area (Å²) >= 11 is 0. The molecular formula is C3H9NO3S. The highest BCUT2D eigenvalue weighted by molar-refractivity contribution is 7.86. The third kappa shape index (κ3) is 2.95. The standard InChI is InChI=1S/C3H9NO3S/c1-7-8(5,6)3-2-4/h2-4H2,1H3. The van der Waals surface area contributed by atoms with E-state index in [0.717, 1.165) is 7.11 Å². The van der Waals surface area contributed by atoms with E-state index < -0.39 is 10.1 Å². The summed E-state index contributed by atoms with van der Waals surface area (Å²) in [5, 5.41) is 0. The Bertz CT molecular complexity index is 139. The van der Waals surface area contributed by atoms with Crippen molar-refractivity contribution in [3.63, 3.8) is 0 Å². The summed E-state index contributed by atoms with van der Waals surface area (Å²) in [5.41, 5.74) is 4.93. The average Bonchev–Trinajstić information content (AvgIpc) is 1.67. The predicted octanol–water partition coefficient (Wildman–Crippen LogP) is -1.08. The summed E-state index contributed by atoms with van der Waals surface area (Å²) in [6.45, 7) is 0.107. The van der Waals surface area contributed by atoms with Gasteiger partial charge in [0.1, 0.15) is 0 Å². The van der Waals surface area contributed by atoms with Crippen molar-refractivity contribution in [2.75, 3.05) is 19.4 Å². The molecule has 0 aliphatic carbocycles. The predicted molar refractivity (Wildman–Crippen MR) is 29.9 cm³/mol. The second-order valence-corrected chi connectivity index (χ2v) is 3.07. The maximum absolute atomic E-state index is 10.3. The van der Waals surface area contributed by atoms with E-state index in [0.29, 0.717) is 0 Å². The molecule has 0 aromatic carbocycles. The molecule has 0 aliphatic rings. The molecule has 0 atom stereocenters. The van der Waals surface area contributed by atoms with Crippen molar-refractivity contribution < 1.29 is 12.6 Å². The zero-order chi connectivity index (χ0) is 6.62. The number of nitrogens with two attached hydrogens (primary N) is 1. The largest absolute Gasteiger partial charge is 0.329 e. The fourth-order valence-electron chi connectivity index (χ4n) is 0.228. The number of hydrogen-bond acceptors (Lipinski definition) is 4. The van der Waals surface area contributed by atoms with Gasteiger partial charge in [0, 0.05) is 6.54 Å². The quantitative estimate of drug-likeness (QED) is 0.505. The highest BCUT2D eigenvalue weighted by Gasteiger charge is 2.03. The lowest BCUT2D eigenvalue weighted by atomic mass is 10.8. The van der Waals surface area contributed by atoms with Crippen LogP contribution < -0.4 is 5.73 Å². The molecule has 0 radical (unpaired) electrons. The van der Waals surface area contributed by atoms with Crippen LogP contribution in [0.3, 0.4) is 0 Å². The lowest BCUT2D eigenvalue weighted by Crippen LogP contribution is -2.16. The van der Waals surface area contributed by atoms with E-state index in [2.05, 4.69) is 4.18 Å². The van der Waals surface area contributed by atoms with Crippen LogP contribution in [0.2, 0.25) is 0 Å². The molecule has 0 bridgehead atoms. The Morgan fingerprint density at radius 2 is 2.12 bits per heavy atom. The Morgan fingerprint density at radius 3 is 2.25 bits per heavy atom. The highest BCUT2D eigenvalue weighted by atomic mass is 32.2. The summed E-state index contributed by atoms with van der Waals surface area (Å²) in [7, 11) is -2.18. The van der Waals surface area contributed by atoms with Gasteiger partial charge in [-0.1, -0.05) is 0 Å². The Morgan fingerprint density at radius 1 is 1.62 bits per heavy atom. The first-order valence-electron chi connectivity index (χ1n) is 2.11. The lowest BCUT2D eigenvalue weighted by molar-refractivity contribution is 0.398. The third-order valence-electron chi connectivity index (χ3n) is 0.622. The van der Waals surface area contributed by atoms with Crippen LogP contribution in [0.5, 0.6) is 0 Å². The van der Waals surface area contributed by atoms with E-state index in [1.165, 1.54) is 0 Å². The molecule has 50 valence electrons. The van der Waals surface area contributed by atoms with Crippen molar-refractivity contribution in [1.29, 1.82) is 0 Å². The Labute approximate surface area is 48.8 Å². The van der Waals surface area contributed by atoms with Gasteiger partial charge in [-0.05, 0) is 0 Å². The molecule has 0 aromatic heterocycles. The molecule has 5 heteroatoms. The van der Waals surface area contributed by atoms with Gasteiger partial charge in [-0.2, -0.15) is 8.42 Å². The van der Waals surface area contributed by atoms with Crippen LogP contribution in [0.15, 0.2) is 0 Å². The lowest BCUT2D eigenvalue weighted by Gasteiger charge is -1.94. The minimum atomic E-state index is -3.29. The van der Waals surface area contributed by atoms with Crippen LogP contribution in [0.25, 0.3) is 0 Å². The molecule has 0 spiro atoms. The van der Waals surface area contributed by atoms with Gasteiger partial charge in [-0.15, -0.1) is 0 Å². The second-order valence-electron chi connectivity index (χ2n) is 1.22. The Balaban J connectivity index is 3.76. The van der Waals surface area contributed by atoms with Gasteiger partial charge in [-0.3, -0.25) is 4.18 Å². The van der Waals surface area contributed by atoms with Gasteiger partial charge in [0.25, 0.3) is 10.1 Å². The van der Waals surface area contributed by atoms with E-state index >= 15 is 0 Å². The maximum atomic E-state index is 10.3. The first-order chi connectivity index (χ1) is 3.62. The topological polar surface area (TPSA) is 69.4 Å². The van der Waals surface area contributed by atoms with Gasteiger partial charge < -0.3 is 5.73 Å². The summed E-state index contributed by atoms with van der Waals surface area (Å²) in [6, 6.07) is 0. The van der Waals surface area contributed by atoms with Gasteiger partial charge in [0.05, 0.1) is 12.9 Å². The van der Waals surface area contributed by atoms with Gasteiger partial charge in [0.15, 0.2) is 0 Å². The minimum Gasteiger partial charge on any atom is -0.329 e. The monoisotopic (exact) mass is 139 g/mol. The molecule has 0 amide bonds. The van der Waals surface area contributed by atoms with Crippen molar-refractivity contribution in [3.05, 3.63) is 0 Å². The van der Waals surface area contributed by atoms with Gasteiger partial charge in [-0.25, -0.2) is 0 Å². The SMILES string of the molecule is COS(=O)(=O)CCN. The number of rotatable bonds is 3. The average molecular weight is 139 g/mol. The van der Waals surface area contributed by atoms with Crippen LogP contribution in [0.4, 0.5) is 0 Å². The molecule has 0 aliphatic heterocycles. The first-order valence-corrected chi connectivity index (χ1v) is 3.68. The summed E-state index contributed by atoms with van der Waals surface area (Å²) in [6.07, 6.45) is 0. The van der Waals surface area contributed by atoms with Crippen LogP contribution in [0, 0.1) is 0 Å². The molecule has 4 nitrogen and oxygen atoms in total. The highest BCUT2D eigenvalue weighted by Crippen LogP contribution is 1.85. The zero-order valence-electron chi connectivity index (χ0n) is 4.62. The molecule has 2 N–H and O–H groups in total. The van der Waals surface area contributed by atoms with Crippen molar-refractivity contribution in [2.24, 2.45) is 5.73 Å². The molecule has 0 saturated heterocycles. The van der Waals surface area contributed by atoms with E-state index in [1.54, 1.807) is 0 Å². The van der Waals surface area contributed by atoms with Gasteiger partial charge in [0.2, 0.25) is 0 Å². The molecule has 0 unspecified atom stereocenters. The zero-order valence-corrected chi connectivity index (χ0v) is 5.44. The fraction of sp³-hybridized carbons (Fsp3) is 1.00. The van der Waals surface area contributed by atoms with Gasteiger partial charge >= 0.3 is 0 Å².